The highest BCUT2D eigenvalue weighted by molar-refractivity contribution is 5.68. The molecule has 3 heteroatoms. The number of hydrogen-bond acceptors (Lipinski definition) is 2. The van der Waals surface area contributed by atoms with Crippen molar-refractivity contribution in [3.8, 4) is 0 Å². The first kappa shape index (κ1) is 12.2. The molecule has 0 radical (unpaired) electrons. The van der Waals surface area contributed by atoms with Crippen LogP contribution < -0.4 is 0 Å². The molecule has 2 rings (SSSR count). The van der Waals surface area contributed by atoms with Gasteiger partial charge in [-0.25, -0.2) is 4.79 Å². The van der Waals surface area contributed by atoms with Crippen LogP contribution in [0.15, 0.2) is 23.8 Å². The van der Waals surface area contributed by atoms with Crippen molar-refractivity contribution in [2.75, 3.05) is 13.2 Å². The molecular formula is C14H21NO2. The molecule has 1 amide bonds. The molecule has 17 heavy (non-hydrogen) atoms. The predicted octanol–water partition coefficient (Wildman–Crippen LogP) is 3.27. The Morgan fingerprint density at radius 1 is 1.47 bits per heavy atom. The van der Waals surface area contributed by atoms with Crippen LogP contribution in [0.2, 0.25) is 0 Å². The maximum absolute atomic E-state index is 11.9. The lowest BCUT2D eigenvalue weighted by molar-refractivity contribution is 0.0840. The zero-order valence-electron chi connectivity index (χ0n) is 10.5. The summed E-state index contributed by atoms with van der Waals surface area (Å²) < 4.78 is 5.36. The number of amides is 1. The molecule has 1 aliphatic heterocycles. The Kier molecular flexibility index (Phi) is 4.24. The molecular weight excluding hydrogens is 214 g/mol. The third kappa shape index (κ3) is 3.35. The largest absolute Gasteiger partial charge is 0.445 e. The fourth-order valence-electron chi connectivity index (χ4n) is 2.37. The molecule has 0 aromatic heterocycles. The Hall–Kier alpha value is -1.25. The van der Waals surface area contributed by atoms with Crippen molar-refractivity contribution in [3.05, 3.63) is 23.8 Å². The van der Waals surface area contributed by atoms with Crippen LogP contribution in [-0.4, -0.2) is 30.2 Å². The molecule has 1 aliphatic carbocycles. The van der Waals surface area contributed by atoms with Crippen molar-refractivity contribution in [2.24, 2.45) is 0 Å². The van der Waals surface area contributed by atoms with Crippen molar-refractivity contribution >= 4 is 6.09 Å². The van der Waals surface area contributed by atoms with Crippen molar-refractivity contribution in [1.82, 2.24) is 4.90 Å². The van der Waals surface area contributed by atoms with Gasteiger partial charge in [0.15, 0.2) is 0 Å². The van der Waals surface area contributed by atoms with Crippen LogP contribution in [0, 0.1) is 0 Å². The second-order valence-electron chi connectivity index (χ2n) is 4.85. The van der Waals surface area contributed by atoms with Crippen LogP contribution in [0.5, 0.6) is 0 Å². The Balaban J connectivity index is 1.80. The zero-order chi connectivity index (χ0) is 12.1. The average Bonchev–Trinajstić information content (AvgIpc) is 2.38. The molecule has 1 saturated heterocycles. The smallest absolute Gasteiger partial charge is 0.410 e. The summed E-state index contributed by atoms with van der Waals surface area (Å²) in [6.45, 7) is 3.35. The summed E-state index contributed by atoms with van der Waals surface area (Å²) in [7, 11) is 0. The average molecular weight is 235 g/mol. The van der Waals surface area contributed by atoms with E-state index < -0.39 is 0 Å². The maximum atomic E-state index is 11.9. The first-order chi connectivity index (χ1) is 8.27. The van der Waals surface area contributed by atoms with Gasteiger partial charge in [-0.05, 0) is 44.6 Å². The minimum atomic E-state index is -0.155. The number of hydrogen-bond donors (Lipinski definition) is 0. The van der Waals surface area contributed by atoms with E-state index in [4.69, 9.17) is 4.74 Å². The van der Waals surface area contributed by atoms with E-state index in [1.807, 2.05) is 4.90 Å². The van der Waals surface area contributed by atoms with E-state index in [1.165, 1.54) is 6.42 Å². The molecule has 0 aromatic rings. The molecule has 1 unspecified atom stereocenters. The third-order valence-electron chi connectivity index (χ3n) is 3.47. The molecule has 94 valence electrons. The SMILES string of the molecule is CC1CCCCN1C(=O)OCC1=CCCC=C1. The van der Waals surface area contributed by atoms with Gasteiger partial charge in [-0.2, -0.15) is 0 Å². The van der Waals surface area contributed by atoms with E-state index in [9.17, 15) is 4.79 Å². The standard InChI is InChI=1S/C14H21NO2/c1-12-7-5-6-10-15(12)14(16)17-11-13-8-3-2-4-9-13/h3,8-9,12H,2,4-7,10-11H2,1H3. The molecule has 0 spiro atoms. The Morgan fingerprint density at radius 3 is 3.06 bits per heavy atom. The maximum Gasteiger partial charge on any atom is 0.410 e. The summed E-state index contributed by atoms with van der Waals surface area (Å²) in [6.07, 6.45) is 11.7. The molecule has 0 bridgehead atoms. The van der Waals surface area contributed by atoms with Gasteiger partial charge in [0.05, 0.1) is 0 Å². The first-order valence-electron chi connectivity index (χ1n) is 6.56. The monoisotopic (exact) mass is 235 g/mol. The molecule has 1 atom stereocenters. The summed E-state index contributed by atoms with van der Waals surface area (Å²) in [5, 5.41) is 0. The lowest BCUT2D eigenvalue weighted by Gasteiger charge is -2.32. The summed E-state index contributed by atoms with van der Waals surface area (Å²) in [6, 6.07) is 0.326. The van der Waals surface area contributed by atoms with Crippen molar-refractivity contribution in [2.45, 2.75) is 45.1 Å². The summed E-state index contributed by atoms with van der Waals surface area (Å²) >= 11 is 0. The van der Waals surface area contributed by atoms with Gasteiger partial charge in [-0.1, -0.05) is 18.2 Å². The van der Waals surface area contributed by atoms with E-state index in [0.29, 0.717) is 12.6 Å². The van der Waals surface area contributed by atoms with E-state index in [0.717, 1.165) is 37.8 Å². The molecule has 1 heterocycles. The van der Waals surface area contributed by atoms with Gasteiger partial charge in [0.1, 0.15) is 6.61 Å². The number of carbonyl (C=O) groups excluding carboxylic acids is 1. The van der Waals surface area contributed by atoms with Crippen molar-refractivity contribution in [1.29, 1.82) is 0 Å². The van der Waals surface area contributed by atoms with Gasteiger partial charge in [0.2, 0.25) is 0 Å². The van der Waals surface area contributed by atoms with Gasteiger partial charge < -0.3 is 9.64 Å². The molecule has 0 N–H and O–H groups in total. The molecule has 3 nitrogen and oxygen atoms in total. The highest BCUT2D eigenvalue weighted by atomic mass is 16.6. The molecule has 0 saturated carbocycles. The number of likely N-dealkylation sites (tertiary alicyclic amines) is 1. The van der Waals surface area contributed by atoms with Crippen LogP contribution in [0.4, 0.5) is 4.79 Å². The fourth-order valence-corrected chi connectivity index (χ4v) is 2.37. The van der Waals surface area contributed by atoms with Crippen LogP contribution in [0.1, 0.15) is 39.0 Å². The molecule has 2 aliphatic rings. The van der Waals surface area contributed by atoms with Crippen LogP contribution in [0.3, 0.4) is 0 Å². The lowest BCUT2D eigenvalue weighted by Crippen LogP contribution is -2.42. The Bertz CT molecular complexity index is 333. The Labute approximate surface area is 103 Å². The summed E-state index contributed by atoms with van der Waals surface area (Å²) in [4.78, 5) is 13.8. The first-order valence-corrected chi connectivity index (χ1v) is 6.56. The number of allylic oxidation sites excluding steroid dienone is 2. The van der Waals surface area contributed by atoms with Crippen LogP contribution in [0.25, 0.3) is 0 Å². The minimum Gasteiger partial charge on any atom is -0.445 e. The topological polar surface area (TPSA) is 29.5 Å². The van der Waals surface area contributed by atoms with E-state index in [-0.39, 0.29) is 6.09 Å². The van der Waals surface area contributed by atoms with Crippen LogP contribution >= 0.6 is 0 Å². The number of rotatable bonds is 2. The number of ether oxygens (including phenoxy) is 1. The van der Waals surface area contributed by atoms with Gasteiger partial charge in [0.25, 0.3) is 0 Å². The van der Waals surface area contributed by atoms with E-state index in [2.05, 4.69) is 25.2 Å². The quantitative estimate of drug-likeness (QED) is 0.735. The lowest BCUT2D eigenvalue weighted by atomic mass is 10.0. The highest BCUT2D eigenvalue weighted by Crippen LogP contribution is 2.18. The predicted molar refractivity (Wildman–Crippen MR) is 67.8 cm³/mol. The number of nitrogens with zero attached hydrogens (tertiary/aromatic N) is 1. The fraction of sp³-hybridized carbons (Fsp3) is 0.643. The zero-order valence-corrected chi connectivity index (χ0v) is 10.5. The van der Waals surface area contributed by atoms with Crippen molar-refractivity contribution < 1.29 is 9.53 Å². The summed E-state index contributed by atoms with van der Waals surface area (Å²) in [5.41, 5.74) is 1.12. The number of carbonyl (C=O) groups is 1. The minimum absolute atomic E-state index is 0.155. The van der Waals surface area contributed by atoms with E-state index >= 15 is 0 Å². The van der Waals surface area contributed by atoms with Gasteiger partial charge in [-0.3, -0.25) is 0 Å². The Morgan fingerprint density at radius 2 is 2.35 bits per heavy atom. The second kappa shape index (κ2) is 5.89. The van der Waals surface area contributed by atoms with Crippen LogP contribution in [-0.2, 0) is 4.74 Å². The highest BCUT2D eigenvalue weighted by Gasteiger charge is 2.24. The second-order valence-corrected chi connectivity index (χ2v) is 4.85. The number of piperidine rings is 1. The van der Waals surface area contributed by atoms with Gasteiger partial charge >= 0.3 is 6.09 Å². The normalized spacial score (nSPS) is 24.4. The summed E-state index contributed by atoms with van der Waals surface area (Å²) in [5.74, 6) is 0. The molecule has 0 aromatic carbocycles. The van der Waals surface area contributed by atoms with Crippen molar-refractivity contribution in [3.63, 3.8) is 0 Å². The van der Waals surface area contributed by atoms with E-state index in [1.54, 1.807) is 0 Å². The van der Waals surface area contributed by atoms with Gasteiger partial charge in [0, 0.05) is 12.6 Å². The third-order valence-corrected chi connectivity index (χ3v) is 3.47. The molecule has 1 fully saturated rings. The van der Waals surface area contributed by atoms with Gasteiger partial charge in [-0.15, -0.1) is 0 Å².